The number of nitrogens with one attached hydrogen (secondary N) is 3. The van der Waals surface area contributed by atoms with Gasteiger partial charge in [0.05, 0.1) is 5.69 Å². The number of carbonyl (C=O) groups excluding carboxylic acids is 2. The van der Waals surface area contributed by atoms with Crippen LogP contribution in [-0.4, -0.2) is 24.0 Å². The molecule has 0 radical (unpaired) electrons. The van der Waals surface area contributed by atoms with E-state index >= 15 is 0 Å². The Kier molecular flexibility index (Phi) is 5.30. The summed E-state index contributed by atoms with van der Waals surface area (Å²) in [6.07, 6.45) is 4.09. The van der Waals surface area contributed by atoms with Crippen molar-refractivity contribution in [3.05, 3.63) is 29.8 Å². The van der Waals surface area contributed by atoms with Crippen LogP contribution in [0.5, 0.6) is 0 Å². The molecule has 5 nitrogen and oxygen atoms in total. The van der Waals surface area contributed by atoms with Gasteiger partial charge in [0.15, 0.2) is 0 Å². The second-order valence-corrected chi connectivity index (χ2v) is 5.43. The summed E-state index contributed by atoms with van der Waals surface area (Å²) in [5, 5.41) is 7.53. The van der Waals surface area contributed by atoms with E-state index in [9.17, 15) is 18.4 Å². The van der Waals surface area contributed by atoms with Crippen molar-refractivity contribution < 1.29 is 18.4 Å². The van der Waals surface area contributed by atoms with E-state index in [0.29, 0.717) is 6.07 Å². The fraction of sp³-hybridized carbons (Fsp3) is 0.467. The van der Waals surface area contributed by atoms with Crippen LogP contribution in [0, 0.1) is 11.6 Å². The van der Waals surface area contributed by atoms with Crippen LogP contribution in [0.4, 0.5) is 19.3 Å². The van der Waals surface area contributed by atoms with Gasteiger partial charge in [-0.3, -0.25) is 4.79 Å². The first-order valence-electron chi connectivity index (χ1n) is 7.28. The van der Waals surface area contributed by atoms with Crippen LogP contribution < -0.4 is 16.0 Å². The second-order valence-electron chi connectivity index (χ2n) is 5.43. The van der Waals surface area contributed by atoms with E-state index in [1.807, 2.05) is 0 Å². The molecule has 1 aromatic carbocycles. The summed E-state index contributed by atoms with van der Waals surface area (Å²) in [7, 11) is 0. The fourth-order valence-corrected chi connectivity index (χ4v) is 2.41. The van der Waals surface area contributed by atoms with Crippen molar-refractivity contribution in [1.29, 1.82) is 0 Å². The Hall–Kier alpha value is -2.18. The molecule has 0 unspecified atom stereocenters. The summed E-state index contributed by atoms with van der Waals surface area (Å²) in [4.78, 5) is 23.7. The number of carbonyl (C=O) groups is 2. The van der Waals surface area contributed by atoms with Crippen molar-refractivity contribution in [2.24, 2.45) is 0 Å². The van der Waals surface area contributed by atoms with Crippen LogP contribution in [0.3, 0.4) is 0 Å². The van der Waals surface area contributed by atoms with E-state index in [-0.39, 0.29) is 17.6 Å². The number of urea groups is 1. The van der Waals surface area contributed by atoms with Gasteiger partial charge in [-0.05, 0) is 31.9 Å². The molecule has 0 aliphatic heterocycles. The van der Waals surface area contributed by atoms with Gasteiger partial charge < -0.3 is 16.0 Å². The average molecular weight is 311 g/mol. The van der Waals surface area contributed by atoms with Gasteiger partial charge in [-0.15, -0.1) is 0 Å². The minimum absolute atomic E-state index is 0.151. The molecule has 0 saturated heterocycles. The predicted octanol–water partition coefficient (Wildman–Crippen LogP) is 2.53. The zero-order chi connectivity index (χ0) is 16.1. The molecule has 3 amide bonds. The fourth-order valence-electron chi connectivity index (χ4n) is 2.41. The van der Waals surface area contributed by atoms with E-state index in [0.717, 1.165) is 37.8 Å². The Morgan fingerprint density at radius 3 is 2.55 bits per heavy atom. The first-order valence-corrected chi connectivity index (χ1v) is 7.28. The number of rotatable bonds is 4. The number of halogens is 2. The summed E-state index contributed by atoms with van der Waals surface area (Å²) < 4.78 is 26.2. The summed E-state index contributed by atoms with van der Waals surface area (Å²) in [6.45, 7) is 1.55. The summed E-state index contributed by atoms with van der Waals surface area (Å²) in [6, 6.07) is 1.52. The Labute approximate surface area is 127 Å². The molecule has 1 saturated carbocycles. The van der Waals surface area contributed by atoms with Crippen LogP contribution in [-0.2, 0) is 4.79 Å². The maximum Gasteiger partial charge on any atom is 0.319 e. The van der Waals surface area contributed by atoms with Crippen molar-refractivity contribution in [3.8, 4) is 0 Å². The maximum atomic E-state index is 13.4. The van der Waals surface area contributed by atoms with Gasteiger partial charge >= 0.3 is 6.03 Å². The van der Waals surface area contributed by atoms with Gasteiger partial charge in [0.25, 0.3) is 0 Å². The third-order valence-corrected chi connectivity index (χ3v) is 3.62. The van der Waals surface area contributed by atoms with Crippen LogP contribution in [0.25, 0.3) is 0 Å². The molecule has 2 rings (SSSR count). The monoisotopic (exact) mass is 311 g/mol. The third-order valence-electron chi connectivity index (χ3n) is 3.62. The van der Waals surface area contributed by atoms with Crippen molar-refractivity contribution in [2.75, 3.05) is 5.32 Å². The van der Waals surface area contributed by atoms with Crippen LogP contribution in [0.1, 0.15) is 32.6 Å². The molecule has 0 spiro atoms. The second kappa shape index (κ2) is 7.20. The largest absolute Gasteiger partial charge is 0.352 e. The SMILES string of the molecule is C[C@@H](NC(=O)Nc1ccc(F)cc1F)C(=O)NC1CCCC1. The number of hydrogen-bond acceptors (Lipinski definition) is 2. The molecule has 0 heterocycles. The quantitative estimate of drug-likeness (QED) is 0.799. The Morgan fingerprint density at radius 1 is 1.23 bits per heavy atom. The molecule has 1 aliphatic carbocycles. The van der Waals surface area contributed by atoms with E-state index in [4.69, 9.17) is 0 Å². The van der Waals surface area contributed by atoms with Crippen molar-refractivity contribution >= 4 is 17.6 Å². The van der Waals surface area contributed by atoms with Gasteiger partial charge in [-0.2, -0.15) is 0 Å². The Balaban J connectivity index is 1.83. The molecule has 0 bridgehead atoms. The molecule has 1 atom stereocenters. The standard InChI is InChI=1S/C15H19F2N3O2/c1-9(14(21)19-11-4-2-3-5-11)18-15(22)20-13-7-6-10(16)8-12(13)17/h6-9,11H,2-5H2,1H3,(H,19,21)(H2,18,20,22)/t9-/m1/s1. The average Bonchev–Trinajstić information content (AvgIpc) is 2.94. The lowest BCUT2D eigenvalue weighted by molar-refractivity contribution is -0.123. The molecular weight excluding hydrogens is 292 g/mol. The summed E-state index contributed by atoms with van der Waals surface area (Å²) >= 11 is 0. The zero-order valence-corrected chi connectivity index (χ0v) is 12.3. The minimum atomic E-state index is -0.877. The highest BCUT2D eigenvalue weighted by Crippen LogP contribution is 2.17. The molecule has 0 aromatic heterocycles. The predicted molar refractivity (Wildman–Crippen MR) is 78.4 cm³/mol. The van der Waals surface area contributed by atoms with Crippen LogP contribution >= 0.6 is 0 Å². The molecule has 22 heavy (non-hydrogen) atoms. The number of hydrogen-bond donors (Lipinski definition) is 3. The smallest absolute Gasteiger partial charge is 0.319 e. The van der Waals surface area contributed by atoms with Gasteiger partial charge in [0.1, 0.15) is 17.7 Å². The highest BCUT2D eigenvalue weighted by molar-refractivity contribution is 5.93. The lowest BCUT2D eigenvalue weighted by atomic mass is 10.2. The van der Waals surface area contributed by atoms with Crippen molar-refractivity contribution in [3.63, 3.8) is 0 Å². The van der Waals surface area contributed by atoms with E-state index in [1.54, 1.807) is 6.92 Å². The summed E-state index contributed by atoms with van der Waals surface area (Å²) in [5.41, 5.74) is -0.151. The van der Waals surface area contributed by atoms with Crippen molar-refractivity contribution in [2.45, 2.75) is 44.7 Å². The first kappa shape index (κ1) is 16.2. The van der Waals surface area contributed by atoms with Crippen LogP contribution in [0.15, 0.2) is 18.2 Å². The van der Waals surface area contributed by atoms with E-state index in [1.165, 1.54) is 0 Å². The summed E-state index contributed by atoms with van der Waals surface area (Å²) in [5.74, 6) is -1.88. The number of benzene rings is 1. The molecule has 120 valence electrons. The molecular formula is C15H19F2N3O2. The highest BCUT2D eigenvalue weighted by atomic mass is 19.1. The topological polar surface area (TPSA) is 70.2 Å². The van der Waals surface area contributed by atoms with E-state index < -0.39 is 23.7 Å². The van der Waals surface area contributed by atoms with Gasteiger partial charge in [0, 0.05) is 12.1 Å². The Bertz CT molecular complexity index is 560. The molecule has 1 fully saturated rings. The van der Waals surface area contributed by atoms with E-state index in [2.05, 4.69) is 16.0 Å². The zero-order valence-electron chi connectivity index (χ0n) is 12.3. The van der Waals surface area contributed by atoms with Gasteiger partial charge in [-0.25, -0.2) is 13.6 Å². The first-order chi connectivity index (χ1) is 10.5. The number of amides is 3. The molecule has 3 N–H and O–H groups in total. The lowest BCUT2D eigenvalue weighted by Gasteiger charge is -2.18. The molecule has 1 aromatic rings. The minimum Gasteiger partial charge on any atom is -0.352 e. The van der Waals surface area contributed by atoms with Gasteiger partial charge in [0.2, 0.25) is 5.91 Å². The highest BCUT2D eigenvalue weighted by Gasteiger charge is 2.21. The van der Waals surface area contributed by atoms with Crippen LogP contribution in [0.2, 0.25) is 0 Å². The lowest BCUT2D eigenvalue weighted by Crippen LogP contribution is -2.48. The Morgan fingerprint density at radius 2 is 1.91 bits per heavy atom. The molecule has 7 heteroatoms. The number of anilines is 1. The third kappa shape index (κ3) is 4.41. The van der Waals surface area contributed by atoms with Gasteiger partial charge in [-0.1, -0.05) is 12.8 Å². The van der Waals surface area contributed by atoms with Crippen molar-refractivity contribution in [1.82, 2.24) is 10.6 Å². The molecule has 1 aliphatic rings. The maximum absolute atomic E-state index is 13.4. The normalized spacial score (nSPS) is 16.1.